The van der Waals surface area contributed by atoms with E-state index in [1.165, 1.54) is 0 Å². The van der Waals surface area contributed by atoms with Crippen LogP contribution in [0.2, 0.25) is 0 Å². The van der Waals surface area contributed by atoms with Gasteiger partial charge in [0, 0.05) is 31.1 Å². The molecule has 1 unspecified atom stereocenters. The van der Waals surface area contributed by atoms with E-state index in [1.807, 2.05) is 31.7 Å². The Labute approximate surface area is 184 Å². The number of hydrogen-bond donors (Lipinski definition) is 3. The number of furan rings is 1. The smallest absolute Gasteiger partial charge is 0.191 e. The summed E-state index contributed by atoms with van der Waals surface area (Å²) in [5, 5.41) is 17.4. The molecule has 0 spiro atoms. The first-order valence-corrected chi connectivity index (χ1v) is 10.4. The van der Waals surface area contributed by atoms with Crippen LogP contribution in [0.15, 0.2) is 21.5 Å². The Bertz CT molecular complexity index is 581. The topological polar surface area (TPSA) is 79.0 Å². The van der Waals surface area contributed by atoms with Crippen LogP contribution in [-0.2, 0) is 10.3 Å². The summed E-state index contributed by atoms with van der Waals surface area (Å²) in [5.41, 5.74) is -1.13. The highest BCUT2D eigenvalue weighted by Crippen LogP contribution is 2.34. The van der Waals surface area contributed by atoms with Crippen molar-refractivity contribution in [2.24, 2.45) is 4.99 Å². The molecule has 2 rings (SSSR count). The van der Waals surface area contributed by atoms with Gasteiger partial charge >= 0.3 is 0 Å². The first-order chi connectivity index (χ1) is 12.4. The van der Waals surface area contributed by atoms with Crippen LogP contribution >= 0.6 is 35.7 Å². The number of thioether (sulfide) groups is 1. The quantitative estimate of drug-likeness (QED) is 0.283. The Morgan fingerprint density at radius 3 is 2.56 bits per heavy atom. The Kier molecular flexibility index (Phi) is 10.5. The molecule has 1 aromatic rings. The van der Waals surface area contributed by atoms with E-state index in [1.54, 1.807) is 13.0 Å². The maximum absolute atomic E-state index is 10.7. The first kappa shape index (κ1) is 24.6. The average Bonchev–Trinajstić information content (AvgIpc) is 3.06. The molecule has 0 saturated carbocycles. The molecule has 2 heterocycles. The van der Waals surface area contributed by atoms with Crippen molar-refractivity contribution in [2.75, 3.05) is 38.6 Å². The Hall–Kier alpha value is -0.450. The fourth-order valence-corrected chi connectivity index (χ4v) is 4.29. The summed E-state index contributed by atoms with van der Waals surface area (Å²) in [5.74, 6) is 3.13. The largest absolute Gasteiger partial charge is 0.463 e. The van der Waals surface area contributed by atoms with Crippen LogP contribution in [0.3, 0.4) is 0 Å². The van der Waals surface area contributed by atoms with Gasteiger partial charge in [0.05, 0.1) is 6.54 Å². The number of aliphatic imine (C=N–C) groups is 1. The van der Waals surface area contributed by atoms with Crippen LogP contribution in [-0.4, -0.2) is 54.4 Å². The molecule has 156 valence electrons. The minimum atomic E-state index is -1.13. The number of ether oxygens (including phenoxy) is 1. The molecule has 0 aliphatic carbocycles. The maximum Gasteiger partial charge on any atom is 0.191 e. The second kappa shape index (κ2) is 11.5. The van der Waals surface area contributed by atoms with Crippen LogP contribution < -0.4 is 10.6 Å². The number of aliphatic hydroxyl groups is 1. The Balaban J connectivity index is 0.00000364. The first-order valence-electron chi connectivity index (χ1n) is 9.44. The van der Waals surface area contributed by atoms with Crippen molar-refractivity contribution in [3.05, 3.63) is 23.7 Å². The van der Waals surface area contributed by atoms with Gasteiger partial charge in [-0.25, -0.2) is 4.99 Å². The Morgan fingerprint density at radius 2 is 2.00 bits per heavy atom. The highest BCUT2D eigenvalue weighted by molar-refractivity contribution is 14.0. The fourth-order valence-electron chi connectivity index (χ4n) is 3.04. The molecule has 0 aromatic carbocycles. The van der Waals surface area contributed by atoms with E-state index in [-0.39, 0.29) is 35.3 Å². The van der Waals surface area contributed by atoms with Crippen LogP contribution in [0.1, 0.15) is 45.1 Å². The molecule has 6 nitrogen and oxygen atoms in total. The second-order valence-corrected chi connectivity index (χ2v) is 8.69. The number of guanidine groups is 1. The molecule has 3 N–H and O–H groups in total. The maximum atomic E-state index is 10.7. The average molecular weight is 511 g/mol. The number of nitrogens with zero attached hydrogens (tertiary/aromatic N) is 1. The SMILES string of the molecule is CCNC(=NCC(C)(O)c1ccc(C)o1)NCC1(SCC)CCOCC1.I. The van der Waals surface area contributed by atoms with Crippen LogP contribution in [0.25, 0.3) is 0 Å². The van der Waals surface area contributed by atoms with E-state index < -0.39 is 5.60 Å². The molecule has 1 atom stereocenters. The van der Waals surface area contributed by atoms with Gasteiger partial charge < -0.3 is 24.9 Å². The summed E-state index contributed by atoms with van der Waals surface area (Å²) in [6.45, 7) is 11.3. The van der Waals surface area contributed by atoms with Crippen molar-refractivity contribution in [3.63, 3.8) is 0 Å². The molecule has 1 aromatic heterocycles. The minimum absolute atomic E-state index is 0. The summed E-state index contributed by atoms with van der Waals surface area (Å²) >= 11 is 1.99. The van der Waals surface area contributed by atoms with Gasteiger partial charge in [0.25, 0.3) is 0 Å². The molecule has 1 aliphatic rings. The van der Waals surface area contributed by atoms with Gasteiger partial charge in [0.2, 0.25) is 0 Å². The lowest BCUT2D eigenvalue weighted by Gasteiger charge is -2.37. The van der Waals surface area contributed by atoms with Gasteiger partial charge in [-0.3, -0.25) is 0 Å². The molecule has 8 heteroatoms. The van der Waals surface area contributed by atoms with Gasteiger partial charge in [0.15, 0.2) is 5.96 Å². The summed E-state index contributed by atoms with van der Waals surface area (Å²) in [4.78, 5) is 4.59. The fraction of sp³-hybridized carbons (Fsp3) is 0.737. The van der Waals surface area contributed by atoms with E-state index in [0.29, 0.717) is 5.76 Å². The van der Waals surface area contributed by atoms with Crippen LogP contribution in [0.4, 0.5) is 0 Å². The zero-order valence-corrected chi connectivity index (χ0v) is 20.0. The van der Waals surface area contributed by atoms with Crippen molar-refractivity contribution in [1.29, 1.82) is 0 Å². The molecule has 1 fully saturated rings. The molecular formula is C19H34IN3O3S. The van der Waals surface area contributed by atoms with E-state index in [2.05, 4.69) is 22.5 Å². The zero-order valence-electron chi connectivity index (χ0n) is 16.8. The van der Waals surface area contributed by atoms with E-state index in [0.717, 1.165) is 56.6 Å². The molecule has 1 aliphatic heterocycles. The highest BCUT2D eigenvalue weighted by Gasteiger charge is 2.33. The van der Waals surface area contributed by atoms with Crippen LogP contribution in [0.5, 0.6) is 0 Å². The van der Waals surface area contributed by atoms with Crippen LogP contribution in [0, 0.1) is 6.92 Å². The molecule has 27 heavy (non-hydrogen) atoms. The third-order valence-electron chi connectivity index (χ3n) is 4.59. The van der Waals surface area contributed by atoms with Gasteiger partial charge in [-0.1, -0.05) is 6.92 Å². The molecule has 0 bridgehead atoms. The van der Waals surface area contributed by atoms with Crippen molar-refractivity contribution < 1.29 is 14.3 Å². The van der Waals surface area contributed by atoms with E-state index in [9.17, 15) is 5.11 Å². The molecular weight excluding hydrogens is 477 g/mol. The molecule has 1 saturated heterocycles. The van der Waals surface area contributed by atoms with Crippen molar-refractivity contribution in [2.45, 2.75) is 50.9 Å². The van der Waals surface area contributed by atoms with Crippen molar-refractivity contribution in [3.8, 4) is 0 Å². The standard InChI is InChI=1S/C19H33N3O3S.HI/c1-5-20-17(21-13-18(4,23)16-8-7-15(3)25-16)22-14-19(26-6-2)9-11-24-12-10-19;/h7-8,23H,5-6,9-14H2,1-4H3,(H2,20,21,22);1H. The summed E-state index contributed by atoms with van der Waals surface area (Å²) in [6.07, 6.45) is 2.09. The predicted molar refractivity (Wildman–Crippen MR) is 123 cm³/mol. The zero-order chi connectivity index (χ0) is 19.0. The summed E-state index contributed by atoms with van der Waals surface area (Å²) in [6, 6.07) is 3.66. The molecule has 0 radical (unpaired) electrons. The Morgan fingerprint density at radius 1 is 1.30 bits per heavy atom. The lowest BCUT2D eigenvalue weighted by Crippen LogP contribution is -2.48. The van der Waals surface area contributed by atoms with E-state index in [4.69, 9.17) is 9.15 Å². The van der Waals surface area contributed by atoms with Gasteiger partial charge in [-0.05, 0) is 51.5 Å². The third-order valence-corrected chi connectivity index (χ3v) is 6.05. The summed E-state index contributed by atoms with van der Waals surface area (Å²) in [7, 11) is 0. The lowest BCUT2D eigenvalue weighted by atomic mass is 9.99. The van der Waals surface area contributed by atoms with Gasteiger partial charge in [-0.15, -0.1) is 24.0 Å². The molecule has 0 amide bonds. The number of hydrogen-bond acceptors (Lipinski definition) is 5. The third kappa shape index (κ3) is 7.47. The van der Waals surface area contributed by atoms with E-state index >= 15 is 0 Å². The summed E-state index contributed by atoms with van der Waals surface area (Å²) < 4.78 is 11.3. The van der Waals surface area contributed by atoms with Crippen molar-refractivity contribution in [1.82, 2.24) is 10.6 Å². The highest BCUT2D eigenvalue weighted by atomic mass is 127. The van der Waals surface area contributed by atoms with Crippen molar-refractivity contribution >= 4 is 41.7 Å². The minimum Gasteiger partial charge on any atom is -0.463 e. The number of rotatable bonds is 8. The monoisotopic (exact) mass is 511 g/mol. The number of nitrogens with one attached hydrogen (secondary N) is 2. The number of halogens is 1. The number of aryl methyl sites for hydroxylation is 1. The normalized spacial score (nSPS) is 19.1. The predicted octanol–water partition coefficient (Wildman–Crippen LogP) is 3.27. The van der Waals surface area contributed by atoms with Gasteiger partial charge in [0.1, 0.15) is 17.1 Å². The second-order valence-electron chi connectivity index (χ2n) is 6.96. The van der Waals surface area contributed by atoms with Gasteiger partial charge in [-0.2, -0.15) is 11.8 Å². The lowest BCUT2D eigenvalue weighted by molar-refractivity contribution is 0.0428.